The molecule has 1 aliphatic heterocycles. The maximum Gasteiger partial charge on any atom is 0.264 e. The molecule has 0 bridgehead atoms. The summed E-state index contributed by atoms with van der Waals surface area (Å²) in [5, 5.41) is 12.2. The van der Waals surface area contributed by atoms with Crippen LogP contribution in [0.3, 0.4) is 0 Å². The Kier molecular flexibility index (Phi) is 8.68. The maximum atomic E-state index is 13.3. The van der Waals surface area contributed by atoms with Crippen LogP contribution in [-0.2, 0) is 11.4 Å². The molecule has 1 amide bonds. The number of hydrogen-bond donors (Lipinski definition) is 0. The molecular weight excluding hydrogens is 566 g/mol. The first kappa shape index (κ1) is 27.3. The lowest BCUT2D eigenvalue weighted by Gasteiger charge is -2.36. The van der Waals surface area contributed by atoms with Gasteiger partial charge in [0.1, 0.15) is 18.2 Å². The van der Waals surface area contributed by atoms with Crippen LogP contribution in [0.1, 0.15) is 18.1 Å². The molecule has 4 aromatic carbocycles. The zero-order valence-corrected chi connectivity index (χ0v) is 23.9. The average Bonchev–Trinajstić information content (AvgIpc) is 3.00. The minimum atomic E-state index is -0.267. The third-order valence-electron chi connectivity index (χ3n) is 6.96. The van der Waals surface area contributed by atoms with Crippen LogP contribution in [0.2, 0.25) is 0 Å². The molecule has 0 N–H and O–H groups in total. The highest BCUT2D eigenvalue weighted by Crippen LogP contribution is 2.36. The Hall–Kier alpha value is -4.28. The Balaban J connectivity index is 1.33. The molecule has 7 heteroatoms. The van der Waals surface area contributed by atoms with E-state index in [9.17, 15) is 10.1 Å². The van der Waals surface area contributed by atoms with Crippen molar-refractivity contribution in [1.29, 1.82) is 5.26 Å². The number of piperazine rings is 1. The Morgan fingerprint density at radius 1 is 0.925 bits per heavy atom. The van der Waals surface area contributed by atoms with Gasteiger partial charge >= 0.3 is 0 Å². The van der Waals surface area contributed by atoms with Crippen LogP contribution in [0.5, 0.6) is 11.5 Å². The highest BCUT2D eigenvalue weighted by atomic mass is 79.9. The fourth-order valence-electron chi connectivity index (χ4n) is 4.89. The van der Waals surface area contributed by atoms with E-state index in [1.807, 2.05) is 55.5 Å². The fraction of sp³-hybridized carbons (Fsp3) is 0.212. The summed E-state index contributed by atoms with van der Waals surface area (Å²) in [5.41, 5.74) is 2.97. The van der Waals surface area contributed by atoms with Crippen LogP contribution < -0.4 is 14.4 Å². The van der Waals surface area contributed by atoms with E-state index in [4.69, 9.17) is 9.47 Å². The lowest BCUT2D eigenvalue weighted by Crippen LogP contribution is -2.49. The van der Waals surface area contributed by atoms with Crippen molar-refractivity contribution >= 4 is 44.4 Å². The van der Waals surface area contributed by atoms with Crippen molar-refractivity contribution in [3.63, 3.8) is 0 Å². The number of halogens is 1. The number of benzene rings is 4. The van der Waals surface area contributed by atoms with Gasteiger partial charge in [-0.2, -0.15) is 5.26 Å². The molecule has 0 spiro atoms. The normalized spacial score (nSPS) is 13.7. The first-order chi connectivity index (χ1) is 19.6. The average molecular weight is 597 g/mol. The summed E-state index contributed by atoms with van der Waals surface area (Å²) < 4.78 is 12.8. The number of rotatable bonds is 8. The van der Waals surface area contributed by atoms with Gasteiger partial charge in [-0.1, -0.05) is 76.6 Å². The highest BCUT2D eigenvalue weighted by molar-refractivity contribution is 9.10. The molecule has 0 saturated carbocycles. The van der Waals surface area contributed by atoms with E-state index in [2.05, 4.69) is 63.3 Å². The molecule has 5 rings (SSSR count). The monoisotopic (exact) mass is 595 g/mol. The molecular formula is C33H30BrN3O3. The summed E-state index contributed by atoms with van der Waals surface area (Å²) in [7, 11) is 0. The van der Waals surface area contributed by atoms with Gasteiger partial charge in [0.25, 0.3) is 5.91 Å². The highest BCUT2D eigenvalue weighted by Gasteiger charge is 2.24. The molecule has 1 heterocycles. The Bertz CT molecular complexity index is 1570. The van der Waals surface area contributed by atoms with Crippen LogP contribution in [0.25, 0.3) is 16.8 Å². The zero-order chi connectivity index (χ0) is 27.9. The van der Waals surface area contributed by atoms with Crippen molar-refractivity contribution in [2.75, 3.05) is 37.7 Å². The standard InChI is InChI=1S/C33H30BrN3O3/c1-2-39-31-20-26(30(34)21-32(31)40-23-25-11-8-10-24-9-6-7-14-29(24)25)19-27(22-35)33(38)37-17-15-36(16-18-37)28-12-4-3-5-13-28/h3-14,19-21H,2,15-18,23H2,1H3/b27-19-. The van der Waals surface area contributed by atoms with Gasteiger partial charge in [0, 0.05) is 36.3 Å². The van der Waals surface area contributed by atoms with Crippen LogP contribution in [0, 0.1) is 11.3 Å². The quantitative estimate of drug-likeness (QED) is 0.165. The summed E-state index contributed by atoms with van der Waals surface area (Å²) in [6.07, 6.45) is 1.62. The Morgan fingerprint density at radius 2 is 1.62 bits per heavy atom. The largest absolute Gasteiger partial charge is 0.490 e. The summed E-state index contributed by atoms with van der Waals surface area (Å²) in [5.74, 6) is 0.871. The fourth-order valence-corrected chi connectivity index (χ4v) is 5.33. The van der Waals surface area contributed by atoms with Crippen LogP contribution in [0.15, 0.2) is 95.0 Å². The minimum Gasteiger partial charge on any atom is -0.490 e. The second-order valence-electron chi connectivity index (χ2n) is 9.47. The van der Waals surface area contributed by atoms with E-state index < -0.39 is 0 Å². The number of carbonyl (C=O) groups is 1. The number of anilines is 1. The van der Waals surface area contributed by atoms with Crippen molar-refractivity contribution in [1.82, 2.24) is 4.90 Å². The van der Waals surface area contributed by atoms with Crippen LogP contribution >= 0.6 is 15.9 Å². The molecule has 0 aliphatic carbocycles. The molecule has 1 aliphatic rings. The van der Waals surface area contributed by atoms with Crippen LogP contribution in [0.4, 0.5) is 5.69 Å². The van der Waals surface area contributed by atoms with Gasteiger partial charge in [0.05, 0.1) is 6.61 Å². The molecule has 40 heavy (non-hydrogen) atoms. The van der Waals surface area contributed by atoms with Gasteiger partial charge in [-0.15, -0.1) is 0 Å². The van der Waals surface area contributed by atoms with E-state index in [0.29, 0.717) is 47.8 Å². The Morgan fingerprint density at radius 3 is 2.38 bits per heavy atom. The first-order valence-corrected chi connectivity index (χ1v) is 14.1. The maximum absolute atomic E-state index is 13.3. The SMILES string of the molecule is CCOc1cc(/C=C(/C#N)C(=O)N2CCN(c3ccccc3)CC2)c(Br)cc1OCc1cccc2ccccc12. The second kappa shape index (κ2) is 12.7. The molecule has 0 atom stereocenters. The summed E-state index contributed by atoms with van der Waals surface area (Å²) in [6.45, 7) is 5.28. The number of carbonyl (C=O) groups excluding carboxylic acids is 1. The van der Waals surface area contributed by atoms with E-state index in [1.165, 1.54) is 0 Å². The van der Waals surface area contributed by atoms with Crippen molar-refractivity contribution in [2.45, 2.75) is 13.5 Å². The van der Waals surface area contributed by atoms with Crippen molar-refractivity contribution in [3.8, 4) is 17.6 Å². The van der Waals surface area contributed by atoms with Gasteiger partial charge in [-0.25, -0.2) is 0 Å². The first-order valence-electron chi connectivity index (χ1n) is 13.3. The third-order valence-corrected chi connectivity index (χ3v) is 7.65. The third kappa shape index (κ3) is 6.13. The molecule has 0 aromatic heterocycles. The van der Waals surface area contributed by atoms with E-state index >= 15 is 0 Å². The number of ether oxygens (including phenoxy) is 2. The summed E-state index contributed by atoms with van der Waals surface area (Å²) >= 11 is 3.61. The molecule has 0 unspecified atom stereocenters. The predicted molar refractivity (Wildman–Crippen MR) is 162 cm³/mol. The molecule has 202 valence electrons. The number of nitriles is 1. The topological polar surface area (TPSA) is 65.8 Å². The Labute approximate surface area is 243 Å². The van der Waals surface area contributed by atoms with E-state index in [0.717, 1.165) is 35.1 Å². The van der Waals surface area contributed by atoms with Gasteiger partial charge in [-0.3, -0.25) is 4.79 Å². The van der Waals surface area contributed by atoms with Crippen LogP contribution in [-0.4, -0.2) is 43.6 Å². The van der Waals surface area contributed by atoms with E-state index in [-0.39, 0.29) is 11.5 Å². The lowest BCUT2D eigenvalue weighted by atomic mass is 10.1. The molecule has 1 fully saturated rings. The van der Waals surface area contributed by atoms with Gasteiger partial charge in [-0.05, 0) is 59.2 Å². The zero-order valence-electron chi connectivity index (χ0n) is 22.3. The molecule has 1 saturated heterocycles. The second-order valence-corrected chi connectivity index (χ2v) is 10.3. The van der Waals surface area contributed by atoms with Crippen molar-refractivity contribution < 1.29 is 14.3 Å². The van der Waals surface area contributed by atoms with Gasteiger partial charge in [0.15, 0.2) is 11.5 Å². The van der Waals surface area contributed by atoms with Gasteiger partial charge < -0.3 is 19.3 Å². The smallest absolute Gasteiger partial charge is 0.264 e. The van der Waals surface area contributed by atoms with Crippen molar-refractivity contribution in [3.05, 3.63) is 106 Å². The number of nitrogens with zero attached hydrogens (tertiary/aromatic N) is 3. The number of fused-ring (bicyclic) bond motifs is 1. The molecule has 6 nitrogen and oxygen atoms in total. The number of para-hydroxylation sites is 1. The molecule has 0 radical (unpaired) electrons. The number of amides is 1. The van der Waals surface area contributed by atoms with E-state index in [1.54, 1.807) is 11.0 Å². The van der Waals surface area contributed by atoms with Crippen molar-refractivity contribution in [2.24, 2.45) is 0 Å². The summed E-state index contributed by atoms with van der Waals surface area (Å²) in [4.78, 5) is 17.3. The number of hydrogen-bond acceptors (Lipinski definition) is 5. The van der Waals surface area contributed by atoms with Gasteiger partial charge in [0.2, 0.25) is 0 Å². The minimum absolute atomic E-state index is 0.0840. The molecule has 4 aromatic rings. The lowest BCUT2D eigenvalue weighted by molar-refractivity contribution is -0.126. The predicted octanol–water partition coefficient (Wildman–Crippen LogP) is 6.84. The summed E-state index contributed by atoms with van der Waals surface area (Å²) in [6, 6.07) is 30.3.